The molecule has 0 aliphatic carbocycles. The molecule has 4 rings (SSSR count). The fourth-order valence-electron chi connectivity index (χ4n) is 3.40. The molecule has 3 aliphatic heterocycles. The van der Waals surface area contributed by atoms with Gasteiger partial charge in [0.2, 0.25) is 0 Å². The van der Waals surface area contributed by atoms with Crippen LogP contribution in [0.15, 0.2) is 12.1 Å². The number of nitro groups is 1. The quantitative estimate of drug-likeness (QED) is 0.680. The molecule has 3 heterocycles. The second-order valence-electron chi connectivity index (χ2n) is 6.10. The Kier molecular flexibility index (Phi) is 3.38. The van der Waals surface area contributed by atoms with Crippen molar-refractivity contribution in [1.29, 1.82) is 0 Å². The molecule has 1 N–H and O–H groups in total. The van der Waals surface area contributed by atoms with Crippen molar-refractivity contribution in [3.63, 3.8) is 0 Å². The summed E-state index contributed by atoms with van der Waals surface area (Å²) in [6, 6.07) is 3.95. The molecule has 0 spiro atoms. The second-order valence-corrected chi connectivity index (χ2v) is 6.10. The summed E-state index contributed by atoms with van der Waals surface area (Å²) in [6.07, 6.45) is 2.41. The van der Waals surface area contributed by atoms with Gasteiger partial charge in [-0.2, -0.15) is 0 Å². The van der Waals surface area contributed by atoms with Gasteiger partial charge in [0, 0.05) is 18.7 Å². The Labute approximate surface area is 119 Å². The van der Waals surface area contributed by atoms with Crippen LogP contribution < -0.4 is 5.32 Å². The second kappa shape index (κ2) is 5.05. The summed E-state index contributed by atoms with van der Waals surface area (Å²) in [7, 11) is 0. The molecule has 1 unspecified atom stereocenters. The molecule has 0 saturated carbocycles. The summed E-state index contributed by atoms with van der Waals surface area (Å²) >= 11 is 0. The van der Waals surface area contributed by atoms with Crippen LogP contribution in [-0.2, 0) is 0 Å². The normalized spacial score (nSPS) is 28.4. The van der Waals surface area contributed by atoms with Gasteiger partial charge < -0.3 is 10.2 Å². The van der Waals surface area contributed by atoms with Crippen LogP contribution in [0.5, 0.6) is 0 Å². The summed E-state index contributed by atoms with van der Waals surface area (Å²) in [4.78, 5) is 13.4. The van der Waals surface area contributed by atoms with E-state index in [0.29, 0.717) is 17.6 Å². The lowest BCUT2D eigenvalue weighted by molar-refractivity contribution is -0.384. The summed E-state index contributed by atoms with van der Waals surface area (Å²) in [5, 5.41) is 14.7. The van der Waals surface area contributed by atoms with Crippen LogP contribution in [-0.4, -0.2) is 35.5 Å². The molecule has 3 saturated heterocycles. The van der Waals surface area contributed by atoms with E-state index >= 15 is 0 Å². The fourth-order valence-corrected chi connectivity index (χ4v) is 3.40. The van der Waals surface area contributed by atoms with Crippen molar-refractivity contribution in [3.8, 4) is 0 Å². The lowest BCUT2D eigenvalue weighted by atomic mass is 9.84. The average Bonchev–Trinajstić information content (AvgIpc) is 2.43. The van der Waals surface area contributed by atoms with E-state index in [9.17, 15) is 10.1 Å². The topological polar surface area (TPSA) is 58.4 Å². The number of anilines is 1. The van der Waals surface area contributed by atoms with E-state index in [0.717, 1.165) is 17.7 Å². The van der Waals surface area contributed by atoms with Gasteiger partial charge in [0.15, 0.2) is 0 Å². The molecule has 0 radical (unpaired) electrons. The molecule has 2 bridgehead atoms. The van der Waals surface area contributed by atoms with Crippen molar-refractivity contribution < 1.29 is 4.92 Å². The van der Waals surface area contributed by atoms with Gasteiger partial charge in [-0.15, -0.1) is 0 Å². The minimum atomic E-state index is -0.282. The molecule has 1 aromatic carbocycles. The van der Waals surface area contributed by atoms with Gasteiger partial charge in [0.05, 0.1) is 4.92 Å². The van der Waals surface area contributed by atoms with Crippen molar-refractivity contribution in [2.75, 3.05) is 25.0 Å². The lowest BCUT2D eigenvalue weighted by Gasteiger charge is -2.45. The molecular weight excluding hydrogens is 254 g/mol. The maximum Gasteiger partial charge on any atom is 0.292 e. The third-order valence-corrected chi connectivity index (χ3v) is 4.81. The molecule has 1 atom stereocenters. The summed E-state index contributed by atoms with van der Waals surface area (Å²) in [5.74, 6) is 0.654. The van der Waals surface area contributed by atoms with Gasteiger partial charge in [-0.05, 0) is 62.9 Å². The number of aryl methyl sites for hydroxylation is 2. The Morgan fingerprint density at radius 1 is 1.25 bits per heavy atom. The molecule has 5 nitrogen and oxygen atoms in total. The van der Waals surface area contributed by atoms with Crippen molar-refractivity contribution >= 4 is 11.4 Å². The van der Waals surface area contributed by atoms with Crippen molar-refractivity contribution in [1.82, 2.24) is 4.90 Å². The molecule has 20 heavy (non-hydrogen) atoms. The minimum absolute atomic E-state index is 0.199. The molecule has 1 aromatic rings. The number of nitro benzene ring substituents is 1. The van der Waals surface area contributed by atoms with Crippen molar-refractivity contribution in [2.24, 2.45) is 5.92 Å². The number of piperidine rings is 3. The summed E-state index contributed by atoms with van der Waals surface area (Å²) < 4.78 is 0. The Morgan fingerprint density at radius 2 is 1.90 bits per heavy atom. The Hall–Kier alpha value is -1.62. The first-order valence-corrected chi connectivity index (χ1v) is 7.29. The van der Waals surface area contributed by atoms with Crippen LogP contribution in [0, 0.1) is 29.9 Å². The SMILES string of the molecule is Cc1cc(NC2CN3CCC2CC3)c([N+](=O)[O-])cc1C. The van der Waals surface area contributed by atoms with Crippen LogP contribution in [0.2, 0.25) is 0 Å². The number of benzene rings is 1. The molecule has 3 fully saturated rings. The Bertz CT molecular complexity index is 536. The van der Waals surface area contributed by atoms with E-state index in [-0.39, 0.29) is 10.6 Å². The zero-order valence-corrected chi connectivity index (χ0v) is 12.1. The zero-order chi connectivity index (χ0) is 14.3. The van der Waals surface area contributed by atoms with E-state index < -0.39 is 0 Å². The maximum atomic E-state index is 11.2. The molecular formula is C15H21N3O2. The van der Waals surface area contributed by atoms with Crippen LogP contribution in [0.4, 0.5) is 11.4 Å². The number of hydrogen-bond donors (Lipinski definition) is 1. The predicted octanol–water partition coefficient (Wildman–Crippen LogP) is 2.72. The van der Waals surface area contributed by atoms with Crippen LogP contribution in [0.1, 0.15) is 24.0 Å². The molecule has 0 amide bonds. The van der Waals surface area contributed by atoms with Gasteiger partial charge in [-0.3, -0.25) is 10.1 Å². The number of hydrogen-bond acceptors (Lipinski definition) is 4. The van der Waals surface area contributed by atoms with E-state index in [1.54, 1.807) is 6.07 Å². The van der Waals surface area contributed by atoms with Crippen LogP contribution >= 0.6 is 0 Å². The highest BCUT2D eigenvalue weighted by Gasteiger charge is 2.34. The van der Waals surface area contributed by atoms with E-state index in [1.165, 1.54) is 25.9 Å². The highest BCUT2D eigenvalue weighted by atomic mass is 16.6. The van der Waals surface area contributed by atoms with Gasteiger partial charge in [0.1, 0.15) is 5.69 Å². The molecule has 3 aliphatic rings. The highest BCUT2D eigenvalue weighted by molar-refractivity contribution is 5.65. The third-order valence-electron chi connectivity index (χ3n) is 4.81. The smallest absolute Gasteiger partial charge is 0.292 e. The zero-order valence-electron chi connectivity index (χ0n) is 12.1. The van der Waals surface area contributed by atoms with Crippen LogP contribution in [0.3, 0.4) is 0 Å². The van der Waals surface area contributed by atoms with Crippen molar-refractivity contribution in [2.45, 2.75) is 32.7 Å². The minimum Gasteiger partial charge on any atom is -0.375 e. The highest BCUT2D eigenvalue weighted by Crippen LogP contribution is 2.33. The van der Waals surface area contributed by atoms with Gasteiger partial charge in [0.25, 0.3) is 5.69 Å². The predicted molar refractivity (Wildman–Crippen MR) is 79.1 cm³/mol. The molecule has 0 aromatic heterocycles. The maximum absolute atomic E-state index is 11.2. The third kappa shape index (κ3) is 2.38. The molecule has 108 valence electrons. The van der Waals surface area contributed by atoms with Crippen LogP contribution in [0.25, 0.3) is 0 Å². The summed E-state index contributed by atoms with van der Waals surface area (Å²) in [5.41, 5.74) is 2.94. The average molecular weight is 275 g/mol. The first kappa shape index (κ1) is 13.4. The van der Waals surface area contributed by atoms with Gasteiger partial charge >= 0.3 is 0 Å². The Balaban J connectivity index is 1.86. The summed E-state index contributed by atoms with van der Waals surface area (Å²) in [6.45, 7) is 7.28. The van der Waals surface area contributed by atoms with E-state index in [2.05, 4.69) is 10.2 Å². The largest absolute Gasteiger partial charge is 0.375 e. The first-order valence-electron chi connectivity index (χ1n) is 7.29. The number of fused-ring (bicyclic) bond motifs is 3. The van der Waals surface area contributed by atoms with Gasteiger partial charge in [-0.25, -0.2) is 0 Å². The first-order chi connectivity index (χ1) is 9.54. The number of nitrogens with zero attached hydrogens (tertiary/aromatic N) is 2. The number of nitrogens with one attached hydrogen (secondary N) is 1. The monoisotopic (exact) mass is 275 g/mol. The van der Waals surface area contributed by atoms with E-state index in [1.807, 2.05) is 19.9 Å². The fraction of sp³-hybridized carbons (Fsp3) is 0.600. The number of rotatable bonds is 3. The van der Waals surface area contributed by atoms with E-state index in [4.69, 9.17) is 0 Å². The standard InChI is InChI=1S/C15H21N3O2/c1-10-7-13(15(18(19)20)8-11(10)2)16-14-9-17-5-3-12(14)4-6-17/h7-8,12,14,16H,3-6,9H2,1-2H3. The Morgan fingerprint density at radius 3 is 2.45 bits per heavy atom. The van der Waals surface area contributed by atoms with Gasteiger partial charge in [-0.1, -0.05) is 0 Å². The van der Waals surface area contributed by atoms with Crippen molar-refractivity contribution in [3.05, 3.63) is 33.4 Å². The molecule has 5 heteroatoms. The lowest BCUT2D eigenvalue weighted by Crippen LogP contribution is -2.53.